The Morgan fingerprint density at radius 3 is 2.56 bits per heavy atom. The number of benzene rings is 1. The zero-order chi connectivity index (χ0) is 29.9. The van der Waals surface area contributed by atoms with Crippen LogP contribution in [0.15, 0.2) is 41.5 Å². The molecule has 1 saturated heterocycles. The minimum atomic E-state index is -5.51. The second kappa shape index (κ2) is 10.1. The Hall–Kier alpha value is -4.12. The van der Waals surface area contributed by atoms with E-state index in [-0.39, 0.29) is 23.7 Å². The summed E-state index contributed by atoms with van der Waals surface area (Å²) in [7, 11) is 0. The lowest BCUT2D eigenvalue weighted by Crippen LogP contribution is -2.56. The third-order valence-corrected chi connectivity index (χ3v) is 6.65. The van der Waals surface area contributed by atoms with Gasteiger partial charge < -0.3 is 19.1 Å². The number of aromatic amines is 1. The molecular formula is C23H17ClF7N6O4+. The molecule has 1 fully saturated rings. The highest BCUT2D eigenvalue weighted by Gasteiger charge is 2.58. The molecule has 0 radical (unpaired) electrons. The monoisotopic (exact) mass is 609 g/mol. The number of amidine groups is 1. The second-order valence-electron chi connectivity index (χ2n) is 9.10. The molecule has 4 heterocycles. The number of aromatic nitrogens is 2. The summed E-state index contributed by atoms with van der Waals surface area (Å²) in [5, 5.41) is 0.258. The van der Waals surface area contributed by atoms with Crippen LogP contribution in [-0.4, -0.2) is 79.9 Å². The van der Waals surface area contributed by atoms with E-state index in [4.69, 9.17) is 11.6 Å². The third kappa shape index (κ3) is 5.46. The average Bonchev–Trinajstić information content (AvgIpc) is 3.47. The summed E-state index contributed by atoms with van der Waals surface area (Å²) in [5.41, 5.74) is 1.94. The molecule has 10 nitrogen and oxygen atoms in total. The van der Waals surface area contributed by atoms with Gasteiger partial charge in [-0.2, -0.15) is 31.8 Å². The number of H-pyrrole nitrogens is 1. The van der Waals surface area contributed by atoms with Gasteiger partial charge in [0.25, 0.3) is 11.5 Å². The van der Waals surface area contributed by atoms with Gasteiger partial charge >= 0.3 is 24.2 Å². The van der Waals surface area contributed by atoms with E-state index in [1.165, 1.54) is 35.0 Å². The summed E-state index contributed by atoms with van der Waals surface area (Å²) in [6.45, 7) is -1.56. The Bertz CT molecular complexity index is 1650. The molecule has 0 saturated carbocycles. The number of carbonyl (C=O) groups excluding carboxylic acids is 2. The first kappa shape index (κ1) is 28.4. The molecule has 41 heavy (non-hydrogen) atoms. The van der Waals surface area contributed by atoms with Crippen molar-refractivity contribution in [2.45, 2.75) is 24.9 Å². The van der Waals surface area contributed by atoms with E-state index in [0.29, 0.717) is 20.9 Å². The minimum absolute atomic E-state index is 0.0332. The molecule has 0 bridgehead atoms. The number of hydrogen-bond donors (Lipinski definition) is 2. The molecule has 1 amide bonds. The summed E-state index contributed by atoms with van der Waals surface area (Å²) in [6, 6.07) is 5.05. The van der Waals surface area contributed by atoms with E-state index in [1.807, 2.05) is 0 Å². The molecule has 2 aromatic heterocycles. The quantitative estimate of drug-likeness (QED) is 0.349. The van der Waals surface area contributed by atoms with Crippen molar-refractivity contribution in [1.82, 2.24) is 24.9 Å². The van der Waals surface area contributed by atoms with Crippen LogP contribution in [0.4, 0.5) is 30.7 Å². The number of hydrogen-bond acceptors (Lipinski definition) is 6. The molecule has 2 N–H and O–H groups in total. The highest BCUT2D eigenvalue weighted by Crippen LogP contribution is 2.27. The van der Waals surface area contributed by atoms with Gasteiger partial charge in [-0.15, -0.1) is 0 Å². The van der Waals surface area contributed by atoms with Gasteiger partial charge in [0.1, 0.15) is 17.9 Å². The van der Waals surface area contributed by atoms with Gasteiger partial charge in [0, 0.05) is 24.5 Å². The fourth-order valence-corrected chi connectivity index (χ4v) is 4.80. The standard InChI is InChI=1S/C23H16ClF7N6O4/c24-12-7-16-18(38)32-8-13(36(16)9-12)5-11-1-2-15(25)14(6-11)19(39)34-3-4-35-17(10-34)37(33-20(35)22(26,27)28)41-21(40)23(29,30)31/h1-2,6-9,17H,3-5,10H2,(H,32,38)/p+1. The maximum Gasteiger partial charge on any atom is 0.496 e. The highest BCUT2D eigenvalue weighted by atomic mass is 35.5. The Morgan fingerprint density at radius 2 is 1.88 bits per heavy atom. The van der Waals surface area contributed by atoms with Crippen LogP contribution in [0.3, 0.4) is 0 Å². The number of hydroxylamine groups is 1. The number of nitrogens with one attached hydrogen (secondary N) is 2. The lowest BCUT2D eigenvalue weighted by Gasteiger charge is -2.32. The van der Waals surface area contributed by atoms with Gasteiger partial charge in [-0.25, -0.2) is 13.8 Å². The largest absolute Gasteiger partial charge is 0.496 e. The molecular weight excluding hydrogens is 593 g/mol. The van der Waals surface area contributed by atoms with Gasteiger partial charge in [0.2, 0.25) is 6.17 Å². The lowest BCUT2D eigenvalue weighted by atomic mass is 10.0. The van der Waals surface area contributed by atoms with E-state index in [1.54, 1.807) is 5.43 Å². The minimum Gasteiger partial charge on any atom is -0.329 e. The topological polar surface area (TPSA) is 102 Å². The van der Waals surface area contributed by atoms with Crippen LogP contribution >= 0.6 is 11.6 Å². The van der Waals surface area contributed by atoms with Crippen molar-refractivity contribution in [2.24, 2.45) is 0 Å². The molecule has 5 rings (SSSR count). The smallest absolute Gasteiger partial charge is 0.329 e. The predicted molar refractivity (Wildman–Crippen MR) is 125 cm³/mol. The van der Waals surface area contributed by atoms with Crippen LogP contribution in [0.2, 0.25) is 5.02 Å². The molecule has 218 valence electrons. The third-order valence-electron chi connectivity index (χ3n) is 6.44. The number of fused-ring (bicyclic) bond motifs is 2. The number of amides is 1. The second-order valence-corrected chi connectivity index (χ2v) is 9.54. The Kier molecular flexibility index (Phi) is 6.97. The first-order chi connectivity index (χ1) is 19.1. The molecule has 1 aromatic carbocycles. The Balaban J connectivity index is 1.40. The SMILES string of the molecule is O=C(c1cc(Cc2c[nH]c(=O)c3cc(Cl)cn23)ccc1F)N1CC[N+]2=C(C(F)(F)F)NN(OC(=O)C(F)(F)F)C2C1. The first-order valence-electron chi connectivity index (χ1n) is 11.6. The number of carbonyl (C=O) groups is 2. The molecule has 0 aliphatic carbocycles. The summed E-state index contributed by atoms with van der Waals surface area (Å²) in [6.07, 6.45) is -9.25. The summed E-state index contributed by atoms with van der Waals surface area (Å²) in [4.78, 5) is 44.3. The molecule has 1 unspecified atom stereocenters. The van der Waals surface area contributed by atoms with E-state index < -0.39 is 66.3 Å². The lowest BCUT2D eigenvalue weighted by molar-refractivity contribution is -0.606. The van der Waals surface area contributed by atoms with E-state index in [0.717, 1.165) is 11.0 Å². The van der Waals surface area contributed by atoms with Gasteiger partial charge in [0.05, 0.1) is 28.8 Å². The number of rotatable bonds is 4. The van der Waals surface area contributed by atoms with E-state index in [9.17, 15) is 45.1 Å². The Morgan fingerprint density at radius 1 is 1.15 bits per heavy atom. The zero-order valence-electron chi connectivity index (χ0n) is 20.3. The molecule has 2 aliphatic heterocycles. The van der Waals surface area contributed by atoms with E-state index in [2.05, 4.69) is 9.82 Å². The molecule has 3 aromatic rings. The van der Waals surface area contributed by atoms with Crippen LogP contribution in [0.5, 0.6) is 0 Å². The Labute approximate surface area is 229 Å². The summed E-state index contributed by atoms with van der Waals surface area (Å²) >= 11 is 6.00. The fraction of sp³-hybridized carbons (Fsp3) is 0.304. The summed E-state index contributed by atoms with van der Waals surface area (Å²) in [5.74, 6) is -6.18. The van der Waals surface area contributed by atoms with Gasteiger partial charge in [0.15, 0.2) is 0 Å². The predicted octanol–water partition coefficient (Wildman–Crippen LogP) is 2.61. The number of alkyl halides is 6. The zero-order valence-corrected chi connectivity index (χ0v) is 21.1. The maximum atomic E-state index is 14.8. The van der Waals surface area contributed by atoms with Crippen molar-refractivity contribution in [3.8, 4) is 0 Å². The average molecular weight is 610 g/mol. The van der Waals surface area contributed by atoms with Crippen molar-refractivity contribution >= 4 is 34.8 Å². The van der Waals surface area contributed by atoms with Gasteiger partial charge in [-0.3, -0.25) is 9.59 Å². The van der Waals surface area contributed by atoms with Crippen molar-refractivity contribution < 1.29 is 49.7 Å². The van der Waals surface area contributed by atoms with Crippen LogP contribution < -0.4 is 11.0 Å². The van der Waals surface area contributed by atoms with Crippen molar-refractivity contribution in [1.29, 1.82) is 0 Å². The maximum absolute atomic E-state index is 14.8. The number of piperazine rings is 1. The van der Waals surface area contributed by atoms with Gasteiger partial charge in [-0.1, -0.05) is 17.7 Å². The van der Waals surface area contributed by atoms with Crippen LogP contribution in [0.25, 0.3) is 5.52 Å². The molecule has 0 spiro atoms. The van der Waals surface area contributed by atoms with Crippen LogP contribution in [0.1, 0.15) is 21.6 Å². The van der Waals surface area contributed by atoms with Gasteiger partial charge in [-0.05, 0) is 23.8 Å². The fourth-order valence-electron chi connectivity index (χ4n) is 4.60. The number of hydrazine groups is 1. The highest BCUT2D eigenvalue weighted by molar-refractivity contribution is 6.31. The molecule has 1 atom stereocenters. The van der Waals surface area contributed by atoms with Crippen molar-refractivity contribution in [3.63, 3.8) is 0 Å². The molecule has 2 aliphatic rings. The molecule has 18 heteroatoms. The summed E-state index contributed by atoms with van der Waals surface area (Å²) < 4.78 is 95.6. The van der Waals surface area contributed by atoms with E-state index >= 15 is 0 Å². The first-order valence-corrected chi connectivity index (χ1v) is 12.0. The van der Waals surface area contributed by atoms with Crippen molar-refractivity contribution in [3.05, 3.63) is 74.7 Å². The van der Waals surface area contributed by atoms with Crippen LogP contribution in [0, 0.1) is 5.82 Å². The van der Waals surface area contributed by atoms with Crippen molar-refractivity contribution in [2.75, 3.05) is 19.6 Å². The normalized spacial score (nSPS) is 18.0. The van der Waals surface area contributed by atoms with Crippen LogP contribution in [-0.2, 0) is 16.1 Å². The number of nitrogens with zero attached hydrogens (tertiary/aromatic N) is 4. The number of halogens is 8.